The number of carbonyl (C=O) groups excluding carboxylic acids is 1. The fraction of sp³-hybridized carbons (Fsp3) is 0.294. The van der Waals surface area contributed by atoms with Crippen molar-refractivity contribution in [3.63, 3.8) is 0 Å². The van der Waals surface area contributed by atoms with Crippen molar-refractivity contribution >= 4 is 43.7 Å². The van der Waals surface area contributed by atoms with E-state index in [1.807, 2.05) is 12.1 Å². The van der Waals surface area contributed by atoms with Crippen LogP contribution in [-0.4, -0.2) is 35.8 Å². The SMILES string of the molecule is CC(=O)Cl.CC(=O)O.NCCCc1cccc2c(S(=O)(=O)O)cccc12. The number of carbonyl (C=O) groups is 2. The van der Waals surface area contributed by atoms with Crippen molar-refractivity contribution < 1.29 is 27.7 Å². The lowest BCUT2D eigenvalue weighted by molar-refractivity contribution is -0.134. The Morgan fingerprint density at radius 1 is 1.08 bits per heavy atom. The number of fused-ring (bicyclic) bond motifs is 1. The maximum Gasteiger partial charge on any atom is 0.300 e. The maximum absolute atomic E-state index is 11.3. The summed E-state index contributed by atoms with van der Waals surface area (Å²) in [6.45, 7) is 2.97. The van der Waals surface area contributed by atoms with E-state index in [1.165, 1.54) is 13.0 Å². The quantitative estimate of drug-likeness (QED) is 0.527. The van der Waals surface area contributed by atoms with Gasteiger partial charge in [0.1, 0.15) is 4.90 Å². The first-order valence-electron chi connectivity index (χ1n) is 7.54. The van der Waals surface area contributed by atoms with Gasteiger partial charge in [-0.2, -0.15) is 8.42 Å². The predicted octanol–water partition coefficient (Wildman–Crippen LogP) is 2.84. The Kier molecular flexibility index (Phi) is 10.7. The number of hydrogen-bond donors (Lipinski definition) is 3. The summed E-state index contributed by atoms with van der Waals surface area (Å²) in [6.07, 6.45) is 1.64. The topological polar surface area (TPSA) is 135 Å². The third kappa shape index (κ3) is 9.47. The number of hydrogen-bond acceptors (Lipinski definition) is 5. The molecule has 0 spiro atoms. The van der Waals surface area contributed by atoms with Gasteiger partial charge in [0.15, 0.2) is 0 Å². The van der Waals surface area contributed by atoms with E-state index in [0.717, 1.165) is 30.7 Å². The van der Waals surface area contributed by atoms with Gasteiger partial charge in [-0.3, -0.25) is 14.1 Å². The van der Waals surface area contributed by atoms with E-state index in [-0.39, 0.29) is 10.1 Å². The number of carboxylic acids is 1. The van der Waals surface area contributed by atoms with Crippen LogP contribution in [0, 0.1) is 0 Å². The van der Waals surface area contributed by atoms with Gasteiger partial charge in [-0.1, -0.05) is 30.3 Å². The Morgan fingerprint density at radius 3 is 2.00 bits per heavy atom. The molecule has 0 heterocycles. The van der Waals surface area contributed by atoms with Gasteiger partial charge in [-0.15, -0.1) is 0 Å². The first-order chi connectivity index (χ1) is 12.0. The average Bonchev–Trinajstić information content (AvgIpc) is 2.50. The second kappa shape index (κ2) is 11.6. The number of carboxylic acid groups (broad SMARTS) is 1. The van der Waals surface area contributed by atoms with Crippen LogP contribution in [0.5, 0.6) is 0 Å². The van der Waals surface area contributed by atoms with Crippen LogP contribution in [0.2, 0.25) is 0 Å². The molecule has 0 amide bonds. The van der Waals surface area contributed by atoms with E-state index in [0.29, 0.717) is 11.9 Å². The number of nitrogens with two attached hydrogens (primary N) is 1. The molecule has 0 aromatic heterocycles. The monoisotopic (exact) mass is 403 g/mol. The number of rotatable bonds is 4. The van der Waals surface area contributed by atoms with Crippen LogP contribution in [0.3, 0.4) is 0 Å². The van der Waals surface area contributed by atoms with Gasteiger partial charge in [0, 0.05) is 19.2 Å². The predicted molar refractivity (Wildman–Crippen MR) is 101 cm³/mol. The molecule has 0 aliphatic heterocycles. The molecule has 2 aromatic rings. The van der Waals surface area contributed by atoms with Crippen molar-refractivity contribution in [3.8, 4) is 0 Å². The molecular formula is C17H22ClNO6S. The van der Waals surface area contributed by atoms with E-state index in [2.05, 4.69) is 11.6 Å². The van der Waals surface area contributed by atoms with Crippen molar-refractivity contribution in [2.75, 3.05) is 6.54 Å². The first-order valence-corrected chi connectivity index (χ1v) is 9.36. The Hall–Kier alpha value is -2.00. The molecule has 144 valence electrons. The zero-order valence-electron chi connectivity index (χ0n) is 14.5. The summed E-state index contributed by atoms with van der Waals surface area (Å²) < 4.78 is 31.8. The van der Waals surface area contributed by atoms with Crippen LogP contribution in [0.4, 0.5) is 0 Å². The molecule has 0 aliphatic rings. The van der Waals surface area contributed by atoms with Crippen LogP contribution in [0.1, 0.15) is 25.8 Å². The molecule has 0 atom stereocenters. The Labute approximate surface area is 157 Å². The van der Waals surface area contributed by atoms with Crippen molar-refractivity contribution in [3.05, 3.63) is 42.0 Å². The molecular weight excluding hydrogens is 382 g/mol. The maximum atomic E-state index is 11.3. The fourth-order valence-corrected chi connectivity index (χ4v) is 2.79. The molecule has 0 aliphatic carbocycles. The van der Waals surface area contributed by atoms with Crippen molar-refractivity contribution in [1.29, 1.82) is 0 Å². The van der Waals surface area contributed by atoms with Crippen LogP contribution in [0.15, 0.2) is 41.3 Å². The summed E-state index contributed by atoms with van der Waals surface area (Å²) in [5, 5.41) is 8.45. The van der Waals surface area contributed by atoms with Crippen molar-refractivity contribution in [1.82, 2.24) is 0 Å². The zero-order valence-corrected chi connectivity index (χ0v) is 16.0. The average molecular weight is 404 g/mol. The Morgan fingerprint density at radius 2 is 1.54 bits per heavy atom. The molecule has 4 N–H and O–H groups in total. The van der Waals surface area contributed by atoms with Crippen molar-refractivity contribution in [2.24, 2.45) is 5.73 Å². The zero-order chi connectivity index (χ0) is 20.3. The Balaban J connectivity index is 0.000000662. The Bertz CT molecular complexity index is 831. The van der Waals surface area contributed by atoms with Crippen LogP contribution in [0.25, 0.3) is 10.8 Å². The van der Waals surface area contributed by atoms with Crippen LogP contribution >= 0.6 is 11.6 Å². The molecule has 0 radical (unpaired) electrons. The molecule has 0 saturated heterocycles. The second-order valence-electron chi connectivity index (χ2n) is 5.12. The van der Waals surface area contributed by atoms with E-state index >= 15 is 0 Å². The minimum atomic E-state index is -4.19. The van der Waals surface area contributed by atoms with Crippen molar-refractivity contribution in [2.45, 2.75) is 31.6 Å². The summed E-state index contributed by atoms with van der Waals surface area (Å²) in [4.78, 5) is 18.2. The third-order valence-electron chi connectivity index (χ3n) is 2.90. The molecule has 2 rings (SSSR count). The van der Waals surface area contributed by atoms with Gasteiger partial charge in [0.05, 0.1) is 0 Å². The molecule has 7 nitrogen and oxygen atoms in total. The highest BCUT2D eigenvalue weighted by atomic mass is 35.5. The number of aliphatic carboxylic acids is 1. The number of aryl methyl sites for hydroxylation is 1. The normalized spacial score (nSPS) is 10.2. The summed E-state index contributed by atoms with van der Waals surface area (Å²) in [5.41, 5.74) is 6.53. The van der Waals surface area contributed by atoms with Gasteiger partial charge < -0.3 is 10.8 Å². The summed E-state index contributed by atoms with van der Waals surface area (Å²) in [6, 6.07) is 10.3. The van der Waals surface area contributed by atoms with Crippen LogP contribution in [-0.2, 0) is 26.1 Å². The molecule has 0 saturated carbocycles. The standard InChI is InChI=1S/C13H15NO3S.C2H3ClO.C2H4O2/c14-9-3-5-10-4-1-7-12-11(10)6-2-8-13(12)18(15,16)17;2*1-2(3)4/h1-2,4,6-8H,3,5,9,14H2,(H,15,16,17);1H3;1H3,(H,3,4). The minimum absolute atomic E-state index is 0.0467. The van der Waals surface area contributed by atoms with Gasteiger partial charge in [0.2, 0.25) is 5.24 Å². The highest BCUT2D eigenvalue weighted by Gasteiger charge is 2.14. The molecule has 9 heteroatoms. The number of halogens is 1. The first kappa shape index (κ1) is 24.0. The van der Waals surface area contributed by atoms with E-state index in [1.54, 1.807) is 18.2 Å². The fourth-order valence-electron chi connectivity index (χ4n) is 2.08. The summed E-state index contributed by atoms with van der Waals surface area (Å²) in [5.74, 6) is -0.833. The summed E-state index contributed by atoms with van der Waals surface area (Å²) in [7, 11) is -4.19. The minimum Gasteiger partial charge on any atom is -0.481 e. The van der Waals surface area contributed by atoms with Crippen LogP contribution < -0.4 is 5.73 Å². The van der Waals surface area contributed by atoms with Gasteiger partial charge in [0.25, 0.3) is 16.1 Å². The molecule has 0 bridgehead atoms. The molecule has 0 fully saturated rings. The van der Waals surface area contributed by atoms with Gasteiger partial charge >= 0.3 is 0 Å². The van der Waals surface area contributed by atoms with E-state index in [9.17, 15) is 17.8 Å². The van der Waals surface area contributed by atoms with E-state index < -0.39 is 16.1 Å². The van der Waals surface area contributed by atoms with Gasteiger partial charge in [-0.05, 0) is 48.0 Å². The third-order valence-corrected chi connectivity index (χ3v) is 3.81. The molecule has 26 heavy (non-hydrogen) atoms. The second-order valence-corrected chi connectivity index (χ2v) is 7.05. The number of benzene rings is 2. The lowest BCUT2D eigenvalue weighted by Gasteiger charge is -2.08. The lowest BCUT2D eigenvalue weighted by atomic mass is 10.0. The molecule has 0 unspecified atom stereocenters. The largest absolute Gasteiger partial charge is 0.481 e. The van der Waals surface area contributed by atoms with E-state index in [4.69, 9.17) is 15.6 Å². The van der Waals surface area contributed by atoms with Gasteiger partial charge in [-0.25, -0.2) is 0 Å². The highest BCUT2D eigenvalue weighted by Crippen LogP contribution is 2.26. The lowest BCUT2D eigenvalue weighted by Crippen LogP contribution is -2.02. The smallest absolute Gasteiger partial charge is 0.300 e. The summed E-state index contributed by atoms with van der Waals surface area (Å²) >= 11 is 4.64. The highest BCUT2D eigenvalue weighted by molar-refractivity contribution is 7.86. The molecule has 2 aromatic carbocycles.